The molecule has 5 aromatic carbocycles. The molecule has 7 rings (SSSR count). The lowest BCUT2D eigenvalue weighted by Gasteiger charge is -2.35. The zero-order valence-corrected chi connectivity index (χ0v) is 25.8. The fraction of sp³-hybridized carbons (Fsp3) is 0.250. The first-order chi connectivity index (χ1) is 19.9. The maximum Gasteiger partial charge on any atom is 0.309 e. The van der Waals surface area contributed by atoms with Crippen molar-refractivity contribution in [3.63, 3.8) is 0 Å². The summed E-state index contributed by atoms with van der Waals surface area (Å²) >= 11 is 0. The maximum atomic E-state index is 6.91. The van der Waals surface area contributed by atoms with E-state index in [0.29, 0.717) is 17.6 Å². The van der Waals surface area contributed by atoms with Crippen LogP contribution in [0.2, 0.25) is 0 Å². The SMILES string of the molecule is [CH2][P+](C)(c1ccccc1)C1CCCC1[C@@H](C)N(C)p1oc2ccc3ccccc3c2c2c(ccc3ccccc32)o1. The van der Waals surface area contributed by atoms with Crippen LogP contribution in [0.4, 0.5) is 0 Å². The second-order valence-corrected chi connectivity index (χ2v) is 17.0. The van der Waals surface area contributed by atoms with Gasteiger partial charge in [0, 0.05) is 29.8 Å². The Morgan fingerprint density at radius 1 is 0.756 bits per heavy atom. The summed E-state index contributed by atoms with van der Waals surface area (Å²) in [6, 6.07) is 37.1. The molecule has 6 aromatic rings. The van der Waals surface area contributed by atoms with Crippen molar-refractivity contribution in [3.8, 4) is 0 Å². The van der Waals surface area contributed by atoms with Crippen LogP contribution in [0, 0.1) is 12.6 Å². The first kappa shape index (κ1) is 26.8. The molecule has 1 aliphatic rings. The molecule has 41 heavy (non-hydrogen) atoms. The van der Waals surface area contributed by atoms with Crippen LogP contribution in [0.15, 0.2) is 112 Å². The van der Waals surface area contributed by atoms with Gasteiger partial charge in [-0.3, -0.25) is 0 Å². The van der Waals surface area contributed by atoms with Crippen LogP contribution in [0.1, 0.15) is 26.2 Å². The zero-order valence-electron chi connectivity index (χ0n) is 24.0. The molecule has 3 nitrogen and oxygen atoms in total. The van der Waals surface area contributed by atoms with Gasteiger partial charge in [-0.2, -0.15) is 0 Å². The molecule has 1 fully saturated rings. The van der Waals surface area contributed by atoms with Gasteiger partial charge in [-0.25, -0.2) is 4.67 Å². The predicted octanol–water partition coefficient (Wildman–Crippen LogP) is 10.5. The number of benzene rings is 5. The summed E-state index contributed by atoms with van der Waals surface area (Å²) in [5.74, 6) is 0.543. The fourth-order valence-electron chi connectivity index (χ4n) is 7.11. The van der Waals surface area contributed by atoms with E-state index in [2.05, 4.69) is 128 Å². The summed E-state index contributed by atoms with van der Waals surface area (Å²) in [5, 5.41) is 8.47. The van der Waals surface area contributed by atoms with Crippen LogP contribution >= 0.6 is 15.4 Å². The molecule has 1 heterocycles. The van der Waals surface area contributed by atoms with Crippen LogP contribution in [0.3, 0.4) is 0 Å². The average Bonchev–Trinajstić information content (AvgIpc) is 3.45. The highest BCUT2D eigenvalue weighted by Crippen LogP contribution is 2.64. The van der Waals surface area contributed by atoms with Crippen LogP contribution in [-0.2, 0) is 0 Å². The molecular weight excluding hydrogens is 540 g/mol. The molecule has 1 radical (unpaired) electrons. The molecule has 0 aliphatic heterocycles. The Labute approximate surface area is 244 Å². The summed E-state index contributed by atoms with van der Waals surface area (Å²) in [6.07, 6.45) is 3.73. The Hall–Kier alpha value is -3.09. The summed E-state index contributed by atoms with van der Waals surface area (Å²) in [6.45, 7) is 9.70. The standard InChI is InChI=1S/C36H37NO2P2/c1-25(29-19-12-20-34(29)41(3,4)28-15-6-5-7-16-28)37(2)40-38-32-23-21-26-13-8-10-17-30(26)35(32)36-31-18-11-9-14-27(31)22-24-33(36)39-40/h5-11,13-18,21-25,29,34H,3,12,19-20H2,1-2,4H3/q+1/t25-,29?,34?,41?/m1/s1. The van der Waals surface area contributed by atoms with Gasteiger partial charge in [-0.15, -0.1) is 0 Å². The van der Waals surface area contributed by atoms with E-state index in [1.165, 1.54) is 46.1 Å². The van der Waals surface area contributed by atoms with Gasteiger partial charge in [0.2, 0.25) is 0 Å². The second-order valence-electron chi connectivity index (χ2n) is 11.8. The monoisotopic (exact) mass is 577 g/mol. The molecule has 1 saturated carbocycles. The normalized spacial score (nSPS) is 18.6. The molecule has 1 aromatic heterocycles. The minimum absolute atomic E-state index is 0.296. The molecule has 0 saturated heterocycles. The van der Waals surface area contributed by atoms with E-state index in [9.17, 15) is 0 Å². The van der Waals surface area contributed by atoms with Gasteiger partial charge in [-0.1, -0.05) is 78.9 Å². The van der Waals surface area contributed by atoms with E-state index in [1.54, 1.807) is 0 Å². The third-order valence-corrected chi connectivity index (χ3v) is 14.6. The smallest absolute Gasteiger partial charge is 0.309 e. The quantitative estimate of drug-likeness (QED) is 0.191. The summed E-state index contributed by atoms with van der Waals surface area (Å²) in [7, 11) is -0.742. The molecule has 207 valence electrons. The van der Waals surface area contributed by atoms with Gasteiger partial charge in [-0.05, 0) is 72.0 Å². The van der Waals surface area contributed by atoms with Crippen molar-refractivity contribution >= 4 is 64.2 Å². The topological polar surface area (TPSA) is 29.5 Å². The van der Waals surface area contributed by atoms with Crippen molar-refractivity contribution in [2.24, 2.45) is 5.92 Å². The lowest BCUT2D eigenvalue weighted by molar-refractivity contribution is 0.449. The predicted molar refractivity (Wildman–Crippen MR) is 180 cm³/mol. The second kappa shape index (κ2) is 10.6. The number of fused-ring (bicyclic) bond motifs is 7. The lowest BCUT2D eigenvalue weighted by atomic mass is 9.99. The summed E-state index contributed by atoms with van der Waals surface area (Å²) in [4.78, 5) is 0. The first-order valence-electron chi connectivity index (χ1n) is 14.6. The Balaban J connectivity index is 1.39. The van der Waals surface area contributed by atoms with Gasteiger partial charge >= 0.3 is 8.16 Å². The van der Waals surface area contributed by atoms with Crippen molar-refractivity contribution in [3.05, 3.63) is 110 Å². The summed E-state index contributed by atoms with van der Waals surface area (Å²) in [5.41, 5.74) is 2.38. The Kier molecular flexibility index (Phi) is 6.95. The van der Waals surface area contributed by atoms with Crippen molar-refractivity contribution in [2.45, 2.75) is 37.9 Å². The van der Waals surface area contributed by atoms with Gasteiger partial charge < -0.3 is 8.39 Å². The van der Waals surface area contributed by atoms with E-state index in [4.69, 9.17) is 15.1 Å². The van der Waals surface area contributed by atoms with Crippen LogP contribution in [-0.4, -0.2) is 25.4 Å². The van der Waals surface area contributed by atoms with Crippen LogP contribution < -0.4 is 9.97 Å². The minimum Gasteiger partial charge on any atom is -0.408 e. The van der Waals surface area contributed by atoms with Gasteiger partial charge in [0.25, 0.3) is 0 Å². The number of rotatable bonds is 5. The molecule has 4 atom stereocenters. The highest BCUT2D eigenvalue weighted by molar-refractivity contribution is 7.84. The van der Waals surface area contributed by atoms with Crippen molar-refractivity contribution in [1.82, 2.24) is 0 Å². The van der Waals surface area contributed by atoms with E-state index >= 15 is 0 Å². The molecule has 5 heteroatoms. The molecular formula is C36H37NO2P2+. The first-order valence-corrected chi connectivity index (χ1v) is 18.2. The van der Waals surface area contributed by atoms with Crippen LogP contribution in [0.5, 0.6) is 0 Å². The van der Waals surface area contributed by atoms with Crippen molar-refractivity contribution in [1.29, 1.82) is 0 Å². The minimum atomic E-state index is -1.55. The third kappa shape index (κ3) is 4.60. The summed E-state index contributed by atoms with van der Waals surface area (Å²) < 4.78 is 16.2. The Morgan fingerprint density at radius 3 is 1.88 bits per heavy atom. The largest absolute Gasteiger partial charge is 0.408 e. The molecule has 0 spiro atoms. The third-order valence-electron chi connectivity index (χ3n) is 9.46. The molecule has 1 aliphatic carbocycles. The Bertz CT molecular complexity index is 1820. The van der Waals surface area contributed by atoms with E-state index in [-0.39, 0.29) is 0 Å². The lowest BCUT2D eigenvalue weighted by Crippen LogP contribution is -2.39. The van der Waals surface area contributed by atoms with Gasteiger partial charge in [0.1, 0.15) is 11.2 Å². The highest BCUT2D eigenvalue weighted by atomic mass is 31.2. The average molecular weight is 578 g/mol. The molecule has 0 N–H and O–H groups in total. The van der Waals surface area contributed by atoms with Gasteiger partial charge in [0.15, 0.2) is 0 Å². The van der Waals surface area contributed by atoms with Crippen molar-refractivity contribution in [2.75, 3.05) is 18.4 Å². The zero-order chi connectivity index (χ0) is 28.1. The molecule has 0 bridgehead atoms. The fourth-order valence-corrected chi connectivity index (χ4v) is 11.7. The van der Waals surface area contributed by atoms with Crippen molar-refractivity contribution < 1.29 is 8.39 Å². The van der Waals surface area contributed by atoms with Crippen LogP contribution in [0.25, 0.3) is 43.5 Å². The van der Waals surface area contributed by atoms with E-state index < -0.39 is 15.4 Å². The van der Waals surface area contributed by atoms with E-state index in [0.717, 1.165) is 21.9 Å². The highest BCUT2D eigenvalue weighted by Gasteiger charge is 2.49. The van der Waals surface area contributed by atoms with Gasteiger partial charge in [0.05, 0.1) is 31.6 Å². The van der Waals surface area contributed by atoms with E-state index in [1.807, 2.05) is 0 Å². The number of nitrogens with zero attached hydrogens (tertiary/aromatic N) is 1. The number of hydrogen-bond donors (Lipinski definition) is 0. The molecule has 3 unspecified atom stereocenters. The number of hydrogen-bond acceptors (Lipinski definition) is 3. The maximum absolute atomic E-state index is 6.91. The Morgan fingerprint density at radius 2 is 1.29 bits per heavy atom. The molecule has 0 amide bonds.